The molecular weight excluding hydrogens is 337 g/mol. The first kappa shape index (κ1) is 17.5. The van der Waals surface area contributed by atoms with Crippen LogP contribution in [-0.4, -0.2) is 5.91 Å². The van der Waals surface area contributed by atoms with Crippen LogP contribution in [0.15, 0.2) is 78.9 Å². The fourth-order valence-corrected chi connectivity index (χ4v) is 4.12. The van der Waals surface area contributed by atoms with Crippen LogP contribution in [0, 0.1) is 11.7 Å². The summed E-state index contributed by atoms with van der Waals surface area (Å²) in [6.45, 7) is 2.18. The molecule has 0 saturated heterocycles. The predicted octanol–water partition coefficient (Wildman–Crippen LogP) is 5.27. The molecule has 0 radical (unpaired) electrons. The molecule has 0 bridgehead atoms. The number of benzene rings is 3. The second-order valence-electron chi connectivity index (χ2n) is 7.24. The lowest BCUT2D eigenvalue weighted by Gasteiger charge is -2.23. The summed E-state index contributed by atoms with van der Waals surface area (Å²) in [6, 6.07) is 24.3. The lowest BCUT2D eigenvalue weighted by atomic mass is 9.86. The van der Waals surface area contributed by atoms with Crippen molar-refractivity contribution in [2.45, 2.75) is 25.3 Å². The number of rotatable bonds is 4. The van der Waals surface area contributed by atoms with Gasteiger partial charge in [-0.15, -0.1) is 0 Å². The summed E-state index contributed by atoms with van der Waals surface area (Å²) in [5.41, 5.74) is 4.23. The van der Waals surface area contributed by atoms with Crippen molar-refractivity contribution < 1.29 is 9.18 Å². The Morgan fingerprint density at radius 2 is 1.52 bits per heavy atom. The van der Waals surface area contributed by atoms with Gasteiger partial charge in [-0.1, -0.05) is 61.5 Å². The van der Waals surface area contributed by atoms with Crippen LogP contribution < -0.4 is 5.32 Å². The molecule has 1 unspecified atom stereocenters. The quantitative estimate of drug-likeness (QED) is 0.675. The molecular formula is C24H22FNO. The molecule has 1 aliphatic carbocycles. The van der Waals surface area contributed by atoms with Gasteiger partial charge in [0, 0.05) is 5.56 Å². The van der Waals surface area contributed by atoms with E-state index in [1.165, 1.54) is 23.3 Å². The summed E-state index contributed by atoms with van der Waals surface area (Å²) >= 11 is 0. The third-order valence-electron chi connectivity index (χ3n) is 5.58. The summed E-state index contributed by atoms with van der Waals surface area (Å²) in [5, 5.41) is 3.23. The highest BCUT2D eigenvalue weighted by Crippen LogP contribution is 2.46. The van der Waals surface area contributed by atoms with Crippen molar-refractivity contribution in [3.8, 4) is 0 Å². The minimum atomic E-state index is -0.216. The first-order valence-electron chi connectivity index (χ1n) is 9.32. The summed E-state index contributed by atoms with van der Waals surface area (Å²) in [6.07, 6.45) is 0.830. The number of fused-ring (bicyclic) bond motifs is 1. The summed E-state index contributed by atoms with van der Waals surface area (Å²) in [5.74, 6) is 0.268. The fourth-order valence-electron chi connectivity index (χ4n) is 4.12. The second-order valence-corrected chi connectivity index (χ2v) is 7.24. The van der Waals surface area contributed by atoms with Gasteiger partial charge in [0.2, 0.25) is 0 Å². The molecule has 27 heavy (non-hydrogen) atoms. The van der Waals surface area contributed by atoms with Crippen LogP contribution in [0.2, 0.25) is 0 Å². The van der Waals surface area contributed by atoms with E-state index < -0.39 is 0 Å². The molecule has 1 amide bonds. The molecule has 2 nitrogen and oxygen atoms in total. The van der Waals surface area contributed by atoms with E-state index in [9.17, 15) is 9.18 Å². The Balaban J connectivity index is 1.60. The molecule has 0 aliphatic heterocycles. The van der Waals surface area contributed by atoms with E-state index in [-0.39, 0.29) is 29.6 Å². The maximum absolute atomic E-state index is 13.2. The lowest BCUT2D eigenvalue weighted by molar-refractivity contribution is 0.0924. The van der Waals surface area contributed by atoms with Crippen molar-refractivity contribution in [2.24, 2.45) is 5.92 Å². The van der Waals surface area contributed by atoms with Crippen molar-refractivity contribution in [1.82, 2.24) is 5.32 Å². The van der Waals surface area contributed by atoms with Crippen molar-refractivity contribution in [2.75, 3.05) is 0 Å². The largest absolute Gasteiger partial charge is 0.345 e. The Morgan fingerprint density at radius 1 is 0.889 bits per heavy atom. The van der Waals surface area contributed by atoms with Gasteiger partial charge in [-0.25, -0.2) is 4.39 Å². The number of hydrogen-bond acceptors (Lipinski definition) is 1. The Kier molecular flexibility index (Phi) is 4.76. The summed E-state index contributed by atoms with van der Waals surface area (Å²) in [4.78, 5) is 12.7. The molecule has 4 rings (SSSR count). The lowest BCUT2D eigenvalue weighted by Crippen LogP contribution is -2.31. The van der Waals surface area contributed by atoms with Crippen molar-refractivity contribution in [3.05, 3.63) is 107 Å². The second kappa shape index (κ2) is 7.36. The van der Waals surface area contributed by atoms with Crippen LogP contribution in [0.3, 0.4) is 0 Å². The molecule has 0 heterocycles. The van der Waals surface area contributed by atoms with Gasteiger partial charge in [-0.2, -0.15) is 0 Å². The van der Waals surface area contributed by atoms with E-state index in [1.807, 2.05) is 54.6 Å². The van der Waals surface area contributed by atoms with Gasteiger partial charge >= 0.3 is 0 Å². The van der Waals surface area contributed by atoms with Crippen molar-refractivity contribution in [3.63, 3.8) is 0 Å². The van der Waals surface area contributed by atoms with E-state index in [1.54, 1.807) is 0 Å². The zero-order chi connectivity index (χ0) is 18.8. The Labute approximate surface area is 159 Å². The number of amides is 1. The number of carbonyl (C=O) groups excluding carboxylic acids is 1. The van der Waals surface area contributed by atoms with E-state index in [0.717, 1.165) is 12.0 Å². The molecule has 1 aliphatic rings. The van der Waals surface area contributed by atoms with Gasteiger partial charge in [0.15, 0.2) is 0 Å². The van der Waals surface area contributed by atoms with Gasteiger partial charge in [0.25, 0.3) is 5.91 Å². The standard InChI is InChI=1S/C24H22FNO/c1-16-22(15-17-11-13-19(25)14-12-17)20-9-5-6-10-21(20)23(16)26-24(27)18-7-3-2-4-8-18/h2-14,16,22-23H,15H2,1H3,(H,26,27)/t16?,22-,23+/m1/s1. The van der Waals surface area contributed by atoms with Crippen LogP contribution in [0.25, 0.3) is 0 Å². The Morgan fingerprint density at radius 3 is 2.22 bits per heavy atom. The zero-order valence-electron chi connectivity index (χ0n) is 15.2. The highest BCUT2D eigenvalue weighted by atomic mass is 19.1. The van der Waals surface area contributed by atoms with Gasteiger partial charge in [-0.05, 0) is 59.2 Å². The molecule has 0 saturated carbocycles. The normalized spacial score (nSPS) is 20.9. The first-order chi connectivity index (χ1) is 13.1. The van der Waals surface area contributed by atoms with E-state index in [2.05, 4.69) is 24.4 Å². The van der Waals surface area contributed by atoms with Gasteiger partial charge in [-0.3, -0.25) is 4.79 Å². The van der Waals surface area contributed by atoms with Crippen LogP contribution in [0.1, 0.15) is 45.9 Å². The minimum Gasteiger partial charge on any atom is -0.345 e. The van der Waals surface area contributed by atoms with Crippen LogP contribution in [-0.2, 0) is 6.42 Å². The summed E-state index contributed by atoms with van der Waals surface area (Å²) in [7, 11) is 0. The molecule has 0 spiro atoms. The average molecular weight is 359 g/mol. The highest BCUT2D eigenvalue weighted by Gasteiger charge is 2.38. The smallest absolute Gasteiger partial charge is 0.251 e. The number of halogens is 1. The van der Waals surface area contributed by atoms with E-state index in [0.29, 0.717) is 5.56 Å². The molecule has 136 valence electrons. The van der Waals surface area contributed by atoms with Crippen molar-refractivity contribution >= 4 is 5.91 Å². The van der Waals surface area contributed by atoms with Crippen LogP contribution >= 0.6 is 0 Å². The maximum Gasteiger partial charge on any atom is 0.251 e. The van der Waals surface area contributed by atoms with Gasteiger partial charge < -0.3 is 5.32 Å². The monoisotopic (exact) mass is 359 g/mol. The molecule has 3 aromatic carbocycles. The van der Waals surface area contributed by atoms with E-state index >= 15 is 0 Å². The van der Waals surface area contributed by atoms with Crippen LogP contribution in [0.4, 0.5) is 4.39 Å². The third-order valence-corrected chi connectivity index (χ3v) is 5.58. The molecule has 3 heteroatoms. The van der Waals surface area contributed by atoms with Gasteiger partial charge in [0.1, 0.15) is 5.82 Å². The van der Waals surface area contributed by atoms with Crippen molar-refractivity contribution in [1.29, 1.82) is 0 Å². The third kappa shape index (κ3) is 3.50. The number of nitrogens with one attached hydrogen (secondary N) is 1. The average Bonchev–Trinajstić information content (AvgIpc) is 2.96. The Hall–Kier alpha value is -2.94. The maximum atomic E-state index is 13.2. The van der Waals surface area contributed by atoms with Gasteiger partial charge in [0.05, 0.1) is 6.04 Å². The number of hydrogen-bond donors (Lipinski definition) is 1. The first-order valence-corrected chi connectivity index (χ1v) is 9.32. The fraction of sp³-hybridized carbons (Fsp3) is 0.208. The summed E-state index contributed by atoms with van der Waals surface area (Å²) < 4.78 is 13.2. The SMILES string of the molecule is CC1[C@H](NC(=O)c2ccccc2)c2ccccc2[C@@H]1Cc1ccc(F)cc1. The number of carbonyl (C=O) groups is 1. The molecule has 1 N–H and O–H groups in total. The highest BCUT2D eigenvalue weighted by molar-refractivity contribution is 5.94. The predicted molar refractivity (Wildman–Crippen MR) is 105 cm³/mol. The zero-order valence-corrected chi connectivity index (χ0v) is 15.2. The van der Waals surface area contributed by atoms with Crippen LogP contribution in [0.5, 0.6) is 0 Å². The van der Waals surface area contributed by atoms with E-state index in [4.69, 9.17) is 0 Å². The molecule has 0 aromatic heterocycles. The minimum absolute atomic E-state index is 0.0284. The Bertz CT molecular complexity index is 936. The molecule has 3 atom stereocenters. The molecule has 3 aromatic rings. The topological polar surface area (TPSA) is 29.1 Å². The molecule has 0 fully saturated rings.